The van der Waals surface area contributed by atoms with E-state index in [1.54, 1.807) is 13.0 Å². The van der Waals surface area contributed by atoms with Crippen LogP contribution in [0.1, 0.15) is 52.4 Å². The molecular formula is C44H63N3O17S4. The predicted octanol–water partition coefficient (Wildman–Crippen LogP) is 2.97. The van der Waals surface area contributed by atoms with E-state index in [9.17, 15) is 54.0 Å². The SMILES string of the molecule is C=CCn1c(=O)n(CC(O)CC)c(=O)n(CC(O)COC(=O)CCSSCCC(=O)OC)c1=O.CCC(O)COc1cccc2cc(OCC(O)COC(=O)CCSSCCC(=O)OC)ccc12. The van der Waals surface area contributed by atoms with Gasteiger partial charge in [0.25, 0.3) is 0 Å². The first kappa shape index (κ1) is 59.7. The molecule has 0 saturated heterocycles. The summed E-state index contributed by atoms with van der Waals surface area (Å²) in [6, 6.07) is 11.1. The first-order valence-electron chi connectivity index (χ1n) is 21.6. The van der Waals surface area contributed by atoms with Crippen LogP contribution in [0.2, 0.25) is 0 Å². The summed E-state index contributed by atoms with van der Waals surface area (Å²) < 4.78 is 32.7. The molecule has 380 valence electrons. The lowest BCUT2D eigenvalue weighted by Crippen LogP contribution is -2.56. The van der Waals surface area contributed by atoms with Gasteiger partial charge in [-0.05, 0) is 42.5 Å². The number of esters is 4. The molecule has 4 atom stereocenters. The number of hydrogen-bond donors (Lipinski definition) is 4. The van der Waals surface area contributed by atoms with Crippen molar-refractivity contribution in [2.24, 2.45) is 0 Å². The summed E-state index contributed by atoms with van der Waals surface area (Å²) in [6.07, 6.45) is -0.722. The third kappa shape index (κ3) is 22.8. The van der Waals surface area contributed by atoms with Gasteiger partial charge in [-0.2, -0.15) is 0 Å². The lowest BCUT2D eigenvalue weighted by Gasteiger charge is -2.17. The topological polar surface area (TPSA) is 271 Å². The van der Waals surface area contributed by atoms with Crippen LogP contribution in [0, 0.1) is 0 Å². The van der Waals surface area contributed by atoms with Gasteiger partial charge in [0.1, 0.15) is 50.1 Å². The van der Waals surface area contributed by atoms with Crippen molar-refractivity contribution in [3.8, 4) is 11.5 Å². The number of methoxy groups -OCH3 is 2. The monoisotopic (exact) mass is 1030 g/mol. The van der Waals surface area contributed by atoms with E-state index in [1.165, 1.54) is 63.5 Å². The van der Waals surface area contributed by atoms with Gasteiger partial charge in [-0.1, -0.05) is 75.2 Å². The summed E-state index contributed by atoms with van der Waals surface area (Å²) in [4.78, 5) is 83.5. The van der Waals surface area contributed by atoms with Gasteiger partial charge in [-0.15, -0.1) is 6.58 Å². The van der Waals surface area contributed by atoms with Gasteiger partial charge < -0.3 is 48.8 Å². The average molecular weight is 1030 g/mol. The lowest BCUT2D eigenvalue weighted by molar-refractivity contribution is -0.147. The normalized spacial score (nSPS) is 12.7. The average Bonchev–Trinajstić information content (AvgIpc) is 3.34. The molecule has 0 bridgehead atoms. The van der Waals surface area contributed by atoms with Crippen LogP contribution in [0.3, 0.4) is 0 Å². The molecule has 20 nitrogen and oxygen atoms in total. The summed E-state index contributed by atoms with van der Waals surface area (Å²) in [6.45, 7) is 5.67. The van der Waals surface area contributed by atoms with E-state index in [4.69, 9.17) is 18.9 Å². The summed E-state index contributed by atoms with van der Waals surface area (Å²) >= 11 is 0. The van der Waals surface area contributed by atoms with Crippen molar-refractivity contribution in [3.05, 3.63) is 80.5 Å². The summed E-state index contributed by atoms with van der Waals surface area (Å²) in [5.41, 5.74) is -2.81. The molecule has 2 aromatic carbocycles. The first-order valence-corrected chi connectivity index (χ1v) is 26.6. The van der Waals surface area contributed by atoms with Crippen molar-refractivity contribution in [1.82, 2.24) is 13.7 Å². The Morgan fingerprint density at radius 3 is 1.57 bits per heavy atom. The first-order chi connectivity index (χ1) is 32.6. The molecule has 0 spiro atoms. The minimum absolute atomic E-state index is 0.0181. The van der Waals surface area contributed by atoms with Gasteiger partial charge in [0.05, 0.1) is 71.7 Å². The molecular weight excluding hydrogens is 971 g/mol. The zero-order valence-electron chi connectivity index (χ0n) is 38.6. The van der Waals surface area contributed by atoms with Gasteiger partial charge in [-0.25, -0.2) is 28.1 Å². The predicted molar refractivity (Wildman–Crippen MR) is 263 cm³/mol. The maximum absolute atomic E-state index is 12.7. The smallest absolute Gasteiger partial charge is 0.336 e. The highest BCUT2D eigenvalue weighted by molar-refractivity contribution is 8.77. The molecule has 1 aromatic heterocycles. The number of ether oxygens (including phenoxy) is 6. The van der Waals surface area contributed by atoms with E-state index in [0.29, 0.717) is 51.9 Å². The largest absolute Gasteiger partial charge is 0.491 e. The molecule has 4 N–H and O–H groups in total. The highest BCUT2D eigenvalue weighted by Gasteiger charge is 2.20. The summed E-state index contributed by atoms with van der Waals surface area (Å²) in [5, 5.41) is 41.7. The molecule has 3 aromatic rings. The van der Waals surface area contributed by atoms with Gasteiger partial charge in [0, 0.05) is 28.4 Å². The second-order valence-electron chi connectivity index (χ2n) is 14.5. The third-order valence-corrected chi connectivity index (χ3v) is 14.0. The van der Waals surface area contributed by atoms with Crippen LogP contribution in [0.4, 0.5) is 0 Å². The Hall–Kier alpha value is -4.43. The number of aromatic nitrogens is 3. The van der Waals surface area contributed by atoms with E-state index in [0.717, 1.165) is 19.9 Å². The van der Waals surface area contributed by atoms with Crippen molar-refractivity contribution < 1.29 is 68.0 Å². The van der Waals surface area contributed by atoms with Crippen LogP contribution < -0.4 is 26.5 Å². The number of rotatable bonds is 32. The van der Waals surface area contributed by atoms with E-state index in [2.05, 4.69) is 16.1 Å². The Morgan fingerprint density at radius 1 is 0.603 bits per heavy atom. The van der Waals surface area contributed by atoms with Crippen LogP contribution >= 0.6 is 43.2 Å². The van der Waals surface area contributed by atoms with Crippen LogP contribution in [0.15, 0.2) is 63.4 Å². The molecule has 68 heavy (non-hydrogen) atoms. The standard InChI is InChI=1S/C24H32O8S2.C20H31N3O9S2/c1-3-18(25)14-31-22-6-4-5-17-13-20(7-8-21(17)22)30-15-19(26)16-32-24(28)10-12-34-33-11-9-23(27)29-2;1-4-8-21-18(28)22(11-14(24)5-2)20(30)23(19(21)29)12-15(25)13-32-17(27)7-10-34-33-9-6-16(26)31-3/h4-8,13,18-19,25-26H,3,9-12,14-16H2,1-2H3;4,14-15,24-25H,1,5-13H2,2-3H3. The molecule has 3 rings (SSSR count). The van der Waals surface area contributed by atoms with Gasteiger partial charge in [-0.3, -0.25) is 19.2 Å². The van der Waals surface area contributed by atoms with Crippen molar-refractivity contribution in [1.29, 1.82) is 0 Å². The third-order valence-electron chi connectivity index (χ3n) is 9.17. The van der Waals surface area contributed by atoms with E-state index < -0.39 is 66.6 Å². The maximum atomic E-state index is 12.7. The quantitative estimate of drug-likeness (QED) is 0.0230. The molecule has 0 fully saturated rings. The molecule has 0 amide bonds. The lowest BCUT2D eigenvalue weighted by atomic mass is 10.1. The number of fused-ring (bicyclic) bond motifs is 1. The second kappa shape index (κ2) is 34.0. The summed E-state index contributed by atoms with van der Waals surface area (Å²) in [5.74, 6) is 1.86. The minimum Gasteiger partial charge on any atom is -0.491 e. The molecule has 1 heterocycles. The van der Waals surface area contributed by atoms with E-state index >= 15 is 0 Å². The zero-order valence-corrected chi connectivity index (χ0v) is 41.9. The molecule has 0 radical (unpaired) electrons. The van der Waals surface area contributed by atoms with Crippen molar-refractivity contribution in [2.45, 2.75) is 96.4 Å². The number of carbonyl (C=O) groups is 4. The fourth-order valence-electron chi connectivity index (χ4n) is 5.34. The van der Waals surface area contributed by atoms with E-state index in [-0.39, 0.29) is 70.5 Å². The molecule has 0 saturated carbocycles. The van der Waals surface area contributed by atoms with Gasteiger partial charge >= 0.3 is 40.9 Å². The Bertz CT molecular complexity index is 2220. The number of benzene rings is 2. The molecule has 0 aliphatic heterocycles. The molecule has 24 heteroatoms. The Morgan fingerprint density at radius 2 is 1.07 bits per heavy atom. The van der Waals surface area contributed by atoms with Crippen molar-refractivity contribution in [2.75, 3.05) is 63.7 Å². The Labute approximate surface area is 409 Å². The minimum atomic E-state index is -1.38. The van der Waals surface area contributed by atoms with Crippen LogP contribution in [0.5, 0.6) is 11.5 Å². The highest BCUT2D eigenvalue weighted by atomic mass is 33.1. The van der Waals surface area contributed by atoms with Crippen molar-refractivity contribution >= 4 is 77.8 Å². The number of nitrogens with zero attached hydrogens (tertiary/aromatic N) is 3. The maximum Gasteiger partial charge on any atom is 0.336 e. The zero-order chi connectivity index (χ0) is 50.4. The Kier molecular flexibility index (Phi) is 29.8. The fraction of sp³-hybridized carbons (Fsp3) is 0.568. The molecule has 0 aliphatic carbocycles. The fourth-order valence-corrected chi connectivity index (χ4v) is 9.22. The number of carbonyl (C=O) groups excluding carboxylic acids is 4. The second-order valence-corrected chi connectivity index (χ2v) is 19.9. The molecule has 0 aliphatic rings. The van der Waals surface area contributed by atoms with Crippen LogP contribution in [-0.2, 0) is 57.8 Å². The van der Waals surface area contributed by atoms with Crippen molar-refractivity contribution in [3.63, 3.8) is 0 Å². The van der Waals surface area contributed by atoms with Crippen LogP contribution in [-0.4, -0.2) is 146 Å². The Balaban J connectivity index is 0.000000467. The number of aliphatic hydroxyl groups is 4. The number of hydrogen-bond acceptors (Lipinski definition) is 21. The summed E-state index contributed by atoms with van der Waals surface area (Å²) in [7, 11) is 8.44. The number of allylic oxidation sites excluding steroid dienone is 1. The van der Waals surface area contributed by atoms with E-state index in [1.807, 2.05) is 37.3 Å². The van der Waals surface area contributed by atoms with Gasteiger partial charge in [0.2, 0.25) is 0 Å². The molecule has 4 unspecified atom stereocenters. The van der Waals surface area contributed by atoms with Gasteiger partial charge in [0.15, 0.2) is 0 Å². The highest BCUT2D eigenvalue weighted by Crippen LogP contribution is 2.29. The van der Waals surface area contributed by atoms with Crippen LogP contribution in [0.25, 0.3) is 10.8 Å². The number of aliphatic hydroxyl groups excluding tert-OH is 4.